The van der Waals surface area contributed by atoms with E-state index in [0.29, 0.717) is 45.7 Å². The number of hydrogen-bond donors (Lipinski definition) is 0. The Morgan fingerprint density at radius 3 is 2.55 bits per heavy atom. The van der Waals surface area contributed by atoms with Crippen molar-refractivity contribution in [3.05, 3.63) is 71.5 Å². The molecule has 3 aromatic heterocycles. The van der Waals surface area contributed by atoms with Crippen molar-refractivity contribution in [1.82, 2.24) is 24.6 Å². The zero-order valence-electron chi connectivity index (χ0n) is 18.6. The lowest BCUT2D eigenvalue weighted by molar-refractivity contribution is -0.114. The molecule has 5 rings (SSSR count). The van der Waals surface area contributed by atoms with Gasteiger partial charge in [-0.2, -0.15) is 0 Å². The van der Waals surface area contributed by atoms with E-state index in [1.54, 1.807) is 44.4 Å². The average molecular weight is 443 g/mol. The number of pyridine rings is 1. The van der Waals surface area contributed by atoms with Crippen LogP contribution in [-0.4, -0.2) is 44.6 Å². The van der Waals surface area contributed by atoms with Crippen LogP contribution in [0.1, 0.15) is 30.9 Å². The van der Waals surface area contributed by atoms with E-state index in [2.05, 4.69) is 15.1 Å². The van der Waals surface area contributed by atoms with Crippen LogP contribution in [0, 0.1) is 0 Å². The van der Waals surface area contributed by atoms with Gasteiger partial charge in [-0.1, -0.05) is 6.07 Å². The Hall–Kier alpha value is -4.27. The quantitative estimate of drug-likeness (QED) is 0.461. The third kappa shape index (κ3) is 3.38. The molecule has 1 aromatic carbocycles. The van der Waals surface area contributed by atoms with Gasteiger partial charge in [-0.25, -0.2) is 14.5 Å². The van der Waals surface area contributed by atoms with Gasteiger partial charge in [-0.15, -0.1) is 5.10 Å². The Kier molecular flexibility index (Phi) is 5.01. The van der Waals surface area contributed by atoms with Crippen molar-refractivity contribution in [3.8, 4) is 28.8 Å². The van der Waals surface area contributed by atoms with E-state index in [9.17, 15) is 4.79 Å². The molecule has 9 heteroatoms. The summed E-state index contributed by atoms with van der Waals surface area (Å²) < 4.78 is 18.5. The molecule has 1 aliphatic rings. The van der Waals surface area contributed by atoms with E-state index in [4.69, 9.17) is 19.2 Å². The number of methoxy groups -OCH3 is 2. The van der Waals surface area contributed by atoms with Crippen molar-refractivity contribution in [2.45, 2.75) is 19.8 Å². The second-order valence-electron chi connectivity index (χ2n) is 7.58. The Morgan fingerprint density at radius 1 is 1.09 bits per heavy atom. The van der Waals surface area contributed by atoms with Gasteiger partial charge < -0.3 is 14.2 Å². The van der Waals surface area contributed by atoms with Crippen molar-refractivity contribution in [1.29, 1.82) is 0 Å². The third-order valence-electron chi connectivity index (χ3n) is 5.65. The minimum Gasteiger partial charge on any atom is -0.493 e. The average Bonchev–Trinajstić information content (AvgIpc) is 3.27. The molecular weight excluding hydrogens is 422 g/mol. The number of Topliss-reactive ketones (excluding diaryl/α,β-unsaturated/α-hetero) is 1. The van der Waals surface area contributed by atoms with E-state index in [1.807, 2.05) is 30.3 Å². The first-order valence-electron chi connectivity index (χ1n) is 10.3. The highest BCUT2D eigenvalue weighted by Gasteiger charge is 2.36. The lowest BCUT2D eigenvalue weighted by Gasteiger charge is -2.28. The maximum Gasteiger partial charge on any atom is 0.228 e. The number of carbonyl (C=O) groups is 1. The summed E-state index contributed by atoms with van der Waals surface area (Å²) in [7, 11) is 3.16. The fraction of sp³-hybridized carbons (Fsp3) is 0.208. The molecule has 33 heavy (non-hydrogen) atoms. The molecular formula is C24H21N5O4. The van der Waals surface area contributed by atoms with Crippen molar-refractivity contribution < 1.29 is 19.0 Å². The lowest BCUT2D eigenvalue weighted by Crippen LogP contribution is -2.22. The van der Waals surface area contributed by atoms with E-state index in [1.165, 1.54) is 6.92 Å². The number of allylic oxidation sites excluding steroid dienone is 2. The van der Waals surface area contributed by atoms with Gasteiger partial charge in [0, 0.05) is 23.5 Å². The molecule has 0 saturated heterocycles. The fourth-order valence-corrected chi connectivity index (χ4v) is 4.18. The summed E-state index contributed by atoms with van der Waals surface area (Å²) >= 11 is 0. The maximum absolute atomic E-state index is 12.8. The molecule has 0 bridgehead atoms. The van der Waals surface area contributed by atoms with E-state index >= 15 is 0 Å². The second kappa shape index (κ2) is 8.01. The number of benzene rings is 1. The molecule has 4 heterocycles. The standard InChI is InChI=1S/C24H21N5O4/c1-13(30)19-14(2)33-24-21(20(19)16-5-6-17(31-3)18(11-16)32-4)23-27-22(28-29(23)12-26-24)15-7-9-25-10-8-15/h5-12,20H,1-4H3/t20-/m0/s1. The maximum atomic E-state index is 12.8. The first kappa shape index (κ1) is 20.6. The molecule has 0 amide bonds. The van der Waals surface area contributed by atoms with Gasteiger partial charge in [0.05, 0.1) is 25.7 Å². The Labute approximate surface area is 189 Å². The van der Waals surface area contributed by atoms with Crippen LogP contribution in [0.5, 0.6) is 17.4 Å². The number of ketones is 1. The topological polar surface area (TPSA) is 101 Å². The van der Waals surface area contributed by atoms with Crippen LogP contribution in [0.4, 0.5) is 0 Å². The van der Waals surface area contributed by atoms with Crippen LogP contribution < -0.4 is 14.2 Å². The molecule has 166 valence electrons. The smallest absolute Gasteiger partial charge is 0.228 e. The highest BCUT2D eigenvalue weighted by Crippen LogP contribution is 2.45. The van der Waals surface area contributed by atoms with Crippen LogP contribution in [-0.2, 0) is 4.79 Å². The molecule has 1 atom stereocenters. The molecule has 9 nitrogen and oxygen atoms in total. The first-order chi connectivity index (χ1) is 16.0. The number of hydrogen-bond acceptors (Lipinski definition) is 8. The minimum atomic E-state index is -0.475. The van der Waals surface area contributed by atoms with Crippen molar-refractivity contribution in [2.75, 3.05) is 14.2 Å². The summed E-state index contributed by atoms with van der Waals surface area (Å²) in [6.45, 7) is 3.30. The van der Waals surface area contributed by atoms with Gasteiger partial charge in [-0.3, -0.25) is 9.78 Å². The third-order valence-corrected chi connectivity index (χ3v) is 5.65. The number of carbonyl (C=O) groups excluding carboxylic acids is 1. The SMILES string of the molecule is COc1ccc([C@H]2C(C(C)=O)=C(C)Oc3ncn4nc(-c5ccncc5)nc4c32)cc1OC. The van der Waals surface area contributed by atoms with Crippen LogP contribution in [0.2, 0.25) is 0 Å². The summed E-state index contributed by atoms with van der Waals surface area (Å²) in [4.78, 5) is 26.1. The molecule has 0 saturated carbocycles. The minimum absolute atomic E-state index is 0.103. The van der Waals surface area contributed by atoms with Crippen molar-refractivity contribution in [3.63, 3.8) is 0 Å². The zero-order chi connectivity index (χ0) is 23.1. The fourth-order valence-electron chi connectivity index (χ4n) is 4.18. The summed E-state index contributed by atoms with van der Waals surface area (Å²) in [5, 5.41) is 4.58. The molecule has 4 aromatic rings. The lowest BCUT2D eigenvalue weighted by atomic mass is 9.81. The van der Waals surface area contributed by atoms with Crippen molar-refractivity contribution >= 4 is 11.4 Å². The predicted octanol–water partition coefficient (Wildman–Crippen LogP) is 3.59. The molecule has 0 fully saturated rings. The molecule has 1 aliphatic heterocycles. The zero-order valence-corrected chi connectivity index (χ0v) is 18.6. The van der Waals surface area contributed by atoms with Crippen LogP contribution in [0.3, 0.4) is 0 Å². The first-order valence-corrected chi connectivity index (χ1v) is 10.3. The Balaban J connectivity index is 1.78. The molecule has 0 radical (unpaired) electrons. The van der Waals surface area contributed by atoms with E-state index in [0.717, 1.165) is 11.1 Å². The predicted molar refractivity (Wildman–Crippen MR) is 119 cm³/mol. The highest BCUT2D eigenvalue weighted by atomic mass is 16.5. The van der Waals surface area contributed by atoms with Gasteiger partial charge in [0.25, 0.3) is 0 Å². The van der Waals surface area contributed by atoms with Crippen LogP contribution >= 0.6 is 0 Å². The molecule has 0 aliphatic carbocycles. The molecule has 0 spiro atoms. The van der Waals surface area contributed by atoms with Gasteiger partial charge >= 0.3 is 0 Å². The van der Waals surface area contributed by atoms with Gasteiger partial charge in [0.15, 0.2) is 28.8 Å². The number of nitrogens with zero attached hydrogens (tertiary/aromatic N) is 5. The van der Waals surface area contributed by atoms with Crippen molar-refractivity contribution in [2.24, 2.45) is 0 Å². The number of ether oxygens (including phenoxy) is 3. The van der Waals surface area contributed by atoms with E-state index < -0.39 is 5.92 Å². The van der Waals surface area contributed by atoms with Crippen LogP contribution in [0.25, 0.3) is 17.0 Å². The number of rotatable bonds is 5. The summed E-state index contributed by atoms with van der Waals surface area (Å²) in [5.74, 6) is 1.98. The van der Waals surface area contributed by atoms with E-state index in [-0.39, 0.29) is 5.78 Å². The summed E-state index contributed by atoms with van der Waals surface area (Å²) in [6.07, 6.45) is 4.93. The second-order valence-corrected chi connectivity index (χ2v) is 7.58. The summed E-state index contributed by atoms with van der Waals surface area (Å²) in [6, 6.07) is 9.25. The normalized spacial score (nSPS) is 15.2. The largest absolute Gasteiger partial charge is 0.493 e. The van der Waals surface area contributed by atoms with Gasteiger partial charge in [0.2, 0.25) is 5.88 Å². The number of aromatic nitrogens is 5. The molecule has 0 unspecified atom stereocenters. The Morgan fingerprint density at radius 2 is 1.85 bits per heavy atom. The number of fused-ring (bicyclic) bond motifs is 3. The van der Waals surface area contributed by atoms with Gasteiger partial charge in [-0.05, 0) is 43.7 Å². The monoisotopic (exact) mass is 443 g/mol. The summed E-state index contributed by atoms with van der Waals surface area (Å²) in [5.41, 5.74) is 3.38. The van der Waals surface area contributed by atoms with Crippen LogP contribution in [0.15, 0.2) is 60.4 Å². The Bertz CT molecular complexity index is 1410. The highest BCUT2D eigenvalue weighted by molar-refractivity contribution is 5.97. The molecule has 0 N–H and O–H groups in total. The van der Waals surface area contributed by atoms with Gasteiger partial charge in [0.1, 0.15) is 12.1 Å².